The SMILES string of the molecule is CCCCc1ccc(NC(=O)COC(=O)CCCN2C(=O)NC3(CCCC3)C2=O)cc1. The molecule has 8 nitrogen and oxygen atoms in total. The Morgan fingerprint density at radius 1 is 1.13 bits per heavy atom. The Hall–Kier alpha value is -2.90. The number of imide groups is 1. The number of anilines is 1. The van der Waals surface area contributed by atoms with Crippen LogP contribution in [0.4, 0.5) is 10.5 Å². The summed E-state index contributed by atoms with van der Waals surface area (Å²) in [5, 5.41) is 5.51. The maximum absolute atomic E-state index is 12.6. The molecule has 3 rings (SSSR count). The molecule has 0 aromatic heterocycles. The van der Waals surface area contributed by atoms with Crippen LogP contribution >= 0.6 is 0 Å². The van der Waals surface area contributed by atoms with E-state index in [0.717, 1.165) is 32.1 Å². The fourth-order valence-electron chi connectivity index (χ4n) is 4.13. The highest BCUT2D eigenvalue weighted by Crippen LogP contribution is 2.35. The number of ether oxygens (including phenoxy) is 1. The van der Waals surface area contributed by atoms with E-state index in [1.54, 1.807) is 0 Å². The molecule has 2 aliphatic rings. The first-order valence-electron chi connectivity index (χ1n) is 11.1. The number of rotatable bonds is 10. The van der Waals surface area contributed by atoms with E-state index in [9.17, 15) is 19.2 Å². The highest BCUT2D eigenvalue weighted by atomic mass is 16.5. The summed E-state index contributed by atoms with van der Waals surface area (Å²) in [5.74, 6) is -1.14. The van der Waals surface area contributed by atoms with E-state index in [1.165, 1.54) is 10.5 Å². The van der Waals surface area contributed by atoms with Crippen molar-refractivity contribution in [1.82, 2.24) is 10.2 Å². The summed E-state index contributed by atoms with van der Waals surface area (Å²) in [4.78, 5) is 49.8. The molecule has 1 saturated carbocycles. The molecule has 0 radical (unpaired) electrons. The summed E-state index contributed by atoms with van der Waals surface area (Å²) >= 11 is 0. The van der Waals surface area contributed by atoms with Crippen LogP contribution in [-0.2, 0) is 25.5 Å². The summed E-state index contributed by atoms with van der Waals surface area (Å²) in [6.07, 6.45) is 6.80. The second-order valence-corrected chi connectivity index (χ2v) is 8.29. The number of hydrogen-bond donors (Lipinski definition) is 2. The normalized spacial score (nSPS) is 17.1. The predicted octanol–water partition coefficient (Wildman–Crippen LogP) is 3.16. The number of urea groups is 1. The number of carbonyl (C=O) groups is 4. The predicted molar refractivity (Wildman–Crippen MR) is 115 cm³/mol. The van der Waals surface area contributed by atoms with Crippen molar-refractivity contribution in [1.29, 1.82) is 0 Å². The van der Waals surface area contributed by atoms with Crippen molar-refractivity contribution >= 4 is 29.5 Å². The van der Waals surface area contributed by atoms with Crippen LogP contribution < -0.4 is 10.6 Å². The molecule has 168 valence electrons. The lowest BCUT2D eigenvalue weighted by Gasteiger charge is -2.19. The molecule has 0 atom stereocenters. The maximum atomic E-state index is 12.6. The van der Waals surface area contributed by atoms with Crippen molar-refractivity contribution in [3.05, 3.63) is 29.8 Å². The van der Waals surface area contributed by atoms with Gasteiger partial charge < -0.3 is 15.4 Å². The Morgan fingerprint density at radius 2 is 1.84 bits per heavy atom. The average molecular weight is 430 g/mol. The van der Waals surface area contributed by atoms with Crippen LogP contribution in [0.15, 0.2) is 24.3 Å². The van der Waals surface area contributed by atoms with Gasteiger partial charge in [-0.15, -0.1) is 0 Å². The molecule has 0 unspecified atom stereocenters. The Morgan fingerprint density at radius 3 is 2.52 bits per heavy atom. The third kappa shape index (κ3) is 5.83. The molecule has 1 aromatic rings. The molecular weight excluding hydrogens is 398 g/mol. The van der Waals surface area contributed by atoms with E-state index < -0.39 is 17.4 Å². The molecule has 31 heavy (non-hydrogen) atoms. The van der Waals surface area contributed by atoms with Crippen LogP contribution in [0.25, 0.3) is 0 Å². The zero-order chi connectivity index (χ0) is 22.3. The number of nitrogens with one attached hydrogen (secondary N) is 2. The third-order valence-electron chi connectivity index (χ3n) is 5.89. The monoisotopic (exact) mass is 429 g/mol. The quantitative estimate of drug-likeness (QED) is 0.439. The summed E-state index contributed by atoms with van der Waals surface area (Å²) in [7, 11) is 0. The molecule has 8 heteroatoms. The van der Waals surface area contributed by atoms with Crippen molar-refractivity contribution < 1.29 is 23.9 Å². The van der Waals surface area contributed by atoms with E-state index in [0.29, 0.717) is 24.9 Å². The second kappa shape index (κ2) is 10.4. The Balaban J connectivity index is 1.34. The molecule has 1 saturated heterocycles. The van der Waals surface area contributed by atoms with Gasteiger partial charge in [-0.2, -0.15) is 0 Å². The minimum Gasteiger partial charge on any atom is -0.456 e. The molecule has 1 spiro atoms. The number of esters is 1. The fraction of sp³-hybridized carbons (Fsp3) is 0.565. The maximum Gasteiger partial charge on any atom is 0.325 e. The lowest BCUT2D eigenvalue weighted by atomic mass is 9.98. The molecule has 1 heterocycles. The van der Waals surface area contributed by atoms with Crippen molar-refractivity contribution in [2.24, 2.45) is 0 Å². The van der Waals surface area contributed by atoms with Crippen LogP contribution in [0.1, 0.15) is 63.9 Å². The highest BCUT2D eigenvalue weighted by molar-refractivity contribution is 6.07. The van der Waals surface area contributed by atoms with Gasteiger partial charge in [0.1, 0.15) is 5.54 Å². The first-order chi connectivity index (χ1) is 14.9. The number of benzene rings is 1. The van der Waals surface area contributed by atoms with Gasteiger partial charge in [-0.25, -0.2) is 4.79 Å². The molecule has 1 aliphatic heterocycles. The first-order valence-corrected chi connectivity index (χ1v) is 11.1. The van der Waals surface area contributed by atoms with E-state index >= 15 is 0 Å². The molecule has 2 fully saturated rings. The molecule has 2 N–H and O–H groups in total. The molecule has 0 bridgehead atoms. The standard InChI is InChI=1S/C23H31N3O5/c1-2-3-7-17-9-11-18(12-10-17)24-19(27)16-31-20(28)8-6-15-26-21(29)23(25-22(26)30)13-4-5-14-23/h9-12H,2-8,13-16H2,1H3,(H,24,27)(H,25,30). The van der Waals surface area contributed by atoms with E-state index in [-0.39, 0.29) is 31.5 Å². The van der Waals surface area contributed by atoms with Crippen LogP contribution in [0.2, 0.25) is 0 Å². The van der Waals surface area contributed by atoms with Crippen molar-refractivity contribution in [3.8, 4) is 0 Å². The van der Waals surface area contributed by atoms with Crippen LogP contribution in [-0.4, -0.2) is 47.4 Å². The summed E-state index contributed by atoms with van der Waals surface area (Å²) in [6.45, 7) is 1.94. The lowest BCUT2D eigenvalue weighted by molar-refractivity contribution is -0.147. The van der Waals surface area contributed by atoms with Crippen LogP contribution in [0, 0.1) is 0 Å². The fourth-order valence-corrected chi connectivity index (χ4v) is 4.13. The average Bonchev–Trinajstić information content (AvgIpc) is 3.32. The smallest absolute Gasteiger partial charge is 0.325 e. The van der Waals surface area contributed by atoms with Crippen molar-refractivity contribution in [2.75, 3.05) is 18.5 Å². The number of aryl methyl sites for hydroxylation is 1. The van der Waals surface area contributed by atoms with Gasteiger partial charge in [-0.1, -0.05) is 38.3 Å². The zero-order valence-electron chi connectivity index (χ0n) is 18.1. The number of amides is 4. The van der Waals surface area contributed by atoms with E-state index in [4.69, 9.17) is 4.74 Å². The van der Waals surface area contributed by atoms with Crippen molar-refractivity contribution in [2.45, 2.75) is 70.3 Å². The van der Waals surface area contributed by atoms with Gasteiger partial charge in [-0.05, 0) is 49.8 Å². The van der Waals surface area contributed by atoms with E-state index in [1.807, 2.05) is 24.3 Å². The molecule has 1 aromatic carbocycles. The third-order valence-corrected chi connectivity index (χ3v) is 5.89. The Kier molecular flexibility index (Phi) is 7.65. The van der Waals surface area contributed by atoms with Crippen molar-refractivity contribution in [3.63, 3.8) is 0 Å². The summed E-state index contributed by atoms with van der Waals surface area (Å²) < 4.78 is 5.01. The van der Waals surface area contributed by atoms with E-state index in [2.05, 4.69) is 17.6 Å². The first kappa shape index (κ1) is 22.8. The van der Waals surface area contributed by atoms with Gasteiger partial charge in [0.05, 0.1) is 0 Å². The second-order valence-electron chi connectivity index (χ2n) is 8.29. The molecular formula is C23H31N3O5. The molecule has 1 aliphatic carbocycles. The zero-order valence-corrected chi connectivity index (χ0v) is 18.1. The van der Waals surface area contributed by atoms with Gasteiger partial charge in [0, 0.05) is 18.7 Å². The van der Waals surface area contributed by atoms with Gasteiger partial charge in [0.15, 0.2) is 6.61 Å². The number of hydrogen-bond acceptors (Lipinski definition) is 5. The van der Waals surface area contributed by atoms with Gasteiger partial charge in [0.2, 0.25) is 0 Å². The van der Waals surface area contributed by atoms with Gasteiger partial charge in [-0.3, -0.25) is 19.3 Å². The van der Waals surface area contributed by atoms with Gasteiger partial charge in [0.25, 0.3) is 11.8 Å². The minimum atomic E-state index is -0.732. The number of carbonyl (C=O) groups excluding carboxylic acids is 4. The van der Waals surface area contributed by atoms with Gasteiger partial charge >= 0.3 is 12.0 Å². The summed E-state index contributed by atoms with van der Waals surface area (Å²) in [6, 6.07) is 7.23. The highest BCUT2D eigenvalue weighted by Gasteiger charge is 2.52. The van der Waals surface area contributed by atoms with Crippen LogP contribution in [0.5, 0.6) is 0 Å². The Labute approximate surface area is 182 Å². The molecule has 4 amide bonds. The topological polar surface area (TPSA) is 105 Å². The largest absolute Gasteiger partial charge is 0.456 e. The summed E-state index contributed by atoms with van der Waals surface area (Å²) in [5.41, 5.74) is 1.14. The van der Waals surface area contributed by atoms with Crippen LogP contribution in [0.3, 0.4) is 0 Å². The number of unbranched alkanes of at least 4 members (excludes halogenated alkanes) is 1. The number of nitrogens with zero attached hydrogens (tertiary/aromatic N) is 1. The Bertz CT molecular complexity index is 815. The minimum absolute atomic E-state index is 0.0312. The lowest BCUT2D eigenvalue weighted by Crippen LogP contribution is -2.44.